The molecular formula is C12H20F3N3O. The Kier molecular flexibility index (Phi) is 4.63. The topological polar surface area (TPSA) is 50.1 Å². The van der Waals surface area contributed by atoms with Crippen LogP contribution < -0.4 is 5.32 Å². The lowest BCUT2D eigenvalue weighted by molar-refractivity contribution is -0.126. The number of nitrogens with zero attached hydrogens (tertiary/aromatic N) is 2. The van der Waals surface area contributed by atoms with Gasteiger partial charge < -0.3 is 5.11 Å². The smallest absolute Gasteiger partial charge is 0.394 e. The first-order valence-corrected chi connectivity index (χ1v) is 5.99. The third kappa shape index (κ3) is 4.50. The molecule has 0 aromatic carbocycles. The van der Waals surface area contributed by atoms with Crippen LogP contribution in [0, 0.1) is 0 Å². The maximum Gasteiger partial charge on any atom is 0.401 e. The highest BCUT2D eigenvalue weighted by Gasteiger charge is 2.31. The van der Waals surface area contributed by atoms with E-state index in [1.807, 2.05) is 20.8 Å². The van der Waals surface area contributed by atoms with Crippen molar-refractivity contribution in [1.82, 2.24) is 15.1 Å². The summed E-state index contributed by atoms with van der Waals surface area (Å²) in [5, 5.41) is 15.9. The molecule has 0 saturated carbocycles. The SMILES string of the molecule is Cn1cc(C(CO)NCC(F)(F)F)c(C(C)(C)C)n1. The average molecular weight is 279 g/mol. The molecule has 0 fully saturated rings. The van der Waals surface area contributed by atoms with Gasteiger partial charge in [0.1, 0.15) is 0 Å². The number of aliphatic hydroxyl groups excluding tert-OH is 1. The molecule has 1 atom stereocenters. The number of aromatic nitrogens is 2. The van der Waals surface area contributed by atoms with E-state index in [-0.39, 0.29) is 5.41 Å². The zero-order valence-electron chi connectivity index (χ0n) is 11.5. The van der Waals surface area contributed by atoms with Gasteiger partial charge >= 0.3 is 6.18 Å². The van der Waals surface area contributed by atoms with Crippen LogP contribution in [0.4, 0.5) is 13.2 Å². The van der Waals surface area contributed by atoms with Gasteiger partial charge in [-0.15, -0.1) is 0 Å². The first-order chi connectivity index (χ1) is 8.54. The van der Waals surface area contributed by atoms with Crippen molar-refractivity contribution in [1.29, 1.82) is 0 Å². The summed E-state index contributed by atoms with van der Waals surface area (Å²) in [6.45, 7) is 4.23. The van der Waals surface area contributed by atoms with E-state index in [0.29, 0.717) is 11.3 Å². The Morgan fingerprint density at radius 2 is 1.95 bits per heavy atom. The van der Waals surface area contributed by atoms with E-state index in [0.717, 1.165) is 0 Å². The zero-order valence-corrected chi connectivity index (χ0v) is 11.5. The molecule has 1 unspecified atom stereocenters. The van der Waals surface area contributed by atoms with Gasteiger partial charge in [0, 0.05) is 24.2 Å². The molecule has 110 valence electrons. The van der Waals surface area contributed by atoms with Crippen LogP contribution in [0.5, 0.6) is 0 Å². The molecule has 1 heterocycles. The van der Waals surface area contributed by atoms with Crippen molar-refractivity contribution in [3.05, 3.63) is 17.5 Å². The van der Waals surface area contributed by atoms with Gasteiger partial charge in [0.25, 0.3) is 0 Å². The highest BCUT2D eigenvalue weighted by Crippen LogP contribution is 2.28. The summed E-state index contributed by atoms with van der Waals surface area (Å²) in [6, 6.07) is -0.774. The Bertz CT molecular complexity index is 421. The molecule has 1 aromatic heterocycles. The van der Waals surface area contributed by atoms with Crippen LogP contribution in [0.3, 0.4) is 0 Å². The Morgan fingerprint density at radius 3 is 2.37 bits per heavy atom. The molecule has 0 amide bonds. The van der Waals surface area contributed by atoms with Gasteiger partial charge in [-0.3, -0.25) is 10.00 Å². The monoisotopic (exact) mass is 279 g/mol. The second-order valence-electron chi connectivity index (χ2n) is 5.59. The lowest BCUT2D eigenvalue weighted by atomic mass is 9.87. The first-order valence-electron chi connectivity index (χ1n) is 5.99. The quantitative estimate of drug-likeness (QED) is 0.885. The number of nitrogens with one attached hydrogen (secondary N) is 1. The van der Waals surface area contributed by atoms with Crippen molar-refractivity contribution in [3.63, 3.8) is 0 Å². The van der Waals surface area contributed by atoms with Gasteiger partial charge in [-0.25, -0.2) is 0 Å². The van der Waals surface area contributed by atoms with Gasteiger partial charge in [0.2, 0.25) is 0 Å². The van der Waals surface area contributed by atoms with E-state index in [2.05, 4.69) is 10.4 Å². The Labute approximate surface area is 110 Å². The number of hydrogen-bond acceptors (Lipinski definition) is 3. The minimum absolute atomic E-state index is 0.302. The predicted octanol–water partition coefficient (Wildman–Crippen LogP) is 1.90. The summed E-state index contributed by atoms with van der Waals surface area (Å²) < 4.78 is 38.3. The van der Waals surface area contributed by atoms with Crippen molar-refractivity contribution in [2.24, 2.45) is 7.05 Å². The summed E-state index contributed by atoms with van der Waals surface area (Å²) in [5.41, 5.74) is 0.981. The van der Waals surface area contributed by atoms with Crippen LogP contribution in [0.2, 0.25) is 0 Å². The van der Waals surface area contributed by atoms with E-state index < -0.39 is 25.4 Å². The van der Waals surface area contributed by atoms with Crippen LogP contribution in [0.15, 0.2) is 6.20 Å². The van der Waals surface area contributed by atoms with Crippen molar-refractivity contribution in [3.8, 4) is 0 Å². The highest BCUT2D eigenvalue weighted by molar-refractivity contribution is 5.27. The van der Waals surface area contributed by atoms with Gasteiger partial charge in [0.15, 0.2) is 0 Å². The summed E-state index contributed by atoms with van der Waals surface area (Å²) in [4.78, 5) is 0. The molecule has 7 heteroatoms. The molecular weight excluding hydrogens is 259 g/mol. The minimum Gasteiger partial charge on any atom is -0.394 e. The van der Waals surface area contributed by atoms with Crippen molar-refractivity contribution in [2.75, 3.05) is 13.2 Å². The molecule has 4 nitrogen and oxygen atoms in total. The van der Waals surface area contributed by atoms with Crippen LogP contribution in [0.1, 0.15) is 38.1 Å². The van der Waals surface area contributed by atoms with Crippen LogP contribution in [-0.2, 0) is 12.5 Å². The number of halogens is 3. The van der Waals surface area contributed by atoms with Gasteiger partial charge in [0.05, 0.1) is 24.9 Å². The second-order valence-corrected chi connectivity index (χ2v) is 5.59. The molecule has 1 aromatic rings. The molecule has 0 spiro atoms. The third-order valence-corrected chi connectivity index (χ3v) is 2.67. The molecule has 0 saturated heterocycles. The average Bonchev–Trinajstić information content (AvgIpc) is 2.59. The molecule has 0 bridgehead atoms. The van der Waals surface area contributed by atoms with Crippen LogP contribution in [-0.4, -0.2) is 34.2 Å². The van der Waals surface area contributed by atoms with Crippen molar-refractivity contribution in [2.45, 2.75) is 38.4 Å². The molecule has 0 aliphatic carbocycles. The molecule has 19 heavy (non-hydrogen) atoms. The molecule has 1 rings (SSSR count). The zero-order chi connectivity index (χ0) is 14.8. The molecule has 0 radical (unpaired) electrons. The fourth-order valence-corrected chi connectivity index (χ4v) is 1.86. The third-order valence-electron chi connectivity index (χ3n) is 2.67. The summed E-state index contributed by atoms with van der Waals surface area (Å²) in [5.74, 6) is 0. The van der Waals surface area contributed by atoms with Crippen LogP contribution in [0.25, 0.3) is 0 Å². The summed E-state index contributed by atoms with van der Waals surface area (Å²) in [6.07, 6.45) is -2.66. The van der Waals surface area contributed by atoms with E-state index in [1.165, 1.54) is 0 Å². The minimum atomic E-state index is -4.31. The fourth-order valence-electron chi connectivity index (χ4n) is 1.86. The fraction of sp³-hybridized carbons (Fsp3) is 0.750. The normalized spacial score (nSPS) is 14.7. The highest BCUT2D eigenvalue weighted by atomic mass is 19.4. The Morgan fingerprint density at radius 1 is 1.37 bits per heavy atom. The van der Waals surface area contributed by atoms with Gasteiger partial charge in [-0.1, -0.05) is 20.8 Å². The van der Waals surface area contributed by atoms with Crippen molar-refractivity contribution < 1.29 is 18.3 Å². The summed E-state index contributed by atoms with van der Waals surface area (Å²) >= 11 is 0. The van der Waals surface area contributed by atoms with Crippen LogP contribution >= 0.6 is 0 Å². The van der Waals surface area contributed by atoms with E-state index in [9.17, 15) is 18.3 Å². The number of alkyl halides is 3. The number of hydrogen-bond donors (Lipinski definition) is 2. The molecule has 0 aliphatic rings. The standard InChI is InChI=1S/C12H20F3N3O/c1-11(2,3)10-8(5-18(4)17-10)9(6-19)16-7-12(13,14)15/h5,9,16,19H,6-7H2,1-4H3. The Hall–Kier alpha value is -1.08. The lowest BCUT2D eigenvalue weighted by Gasteiger charge is -2.22. The Balaban J connectivity index is 2.99. The molecule has 0 aliphatic heterocycles. The van der Waals surface area contributed by atoms with E-state index in [1.54, 1.807) is 17.9 Å². The summed E-state index contributed by atoms with van der Waals surface area (Å²) in [7, 11) is 1.71. The predicted molar refractivity (Wildman–Crippen MR) is 65.8 cm³/mol. The maximum atomic E-state index is 12.2. The van der Waals surface area contributed by atoms with E-state index >= 15 is 0 Å². The molecule has 2 N–H and O–H groups in total. The number of aliphatic hydroxyl groups is 1. The largest absolute Gasteiger partial charge is 0.401 e. The van der Waals surface area contributed by atoms with Gasteiger partial charge in [-0.05, 0) is 0 Å². The lowest BCUT2D eigenvalue weighted by Crippen LogP contribution is -2.34. The van der Waals surface area contributed by atoms with E-state index in [4.69, 9.17) is 0 Å². The number of rotatable bonds is 4. The van der Waals surface area contributed by atoms with Gasteiger partial charge in [-0.2, -0.15) is 18.3 Å². The van der Waals surface area contributed by atoms with Crippen molar-refractivity contribution >= 4 is 0 Å². The maximum absolute atomic E-state index is 12.2. The second kappa shape index (κ2) is 5.50. The first kappa shape index (κ1) is 16.0. The number of aryl methyl sites for hydroxylation is 1.